The second-order valence-electron chi connectivity index (χ2n) is 6.93. The molecule has 1 aliphatic rings. The molecule has 0 saturated heterocycles. The second-order valence-corrected chi connectivity index (χ2v) is 6.93. The molecule has 2 N–H and O–H groups in total. The van der Waals surface area contributed by atoms with E-state index in [0.717, 1.165) is 53.3 Å². The Morgan fingerprint density at radius 3 is 2.52 bits per heavy atom. The van der Waals surface area contributed by atoms with Gasteiger partial charge in [-0.05, 0) is 56.2 Å². The zero-order chi connectivity index (χ0) is 20.2. The maximum Gasteiger partial charge on any atom is 0.291 e. The molecule has 1 amide bonds. The average Bonchev–Trinajstić information content (AvgIpc) is 3.11. The van der Waals surface area contributed by atoms with Gasteiger partial charge in [0.25, 0.3) is 5.91 Å². The Morgan fingerprint density at radius 1 is 1.03 bits per heavy atom. The number of rotatable bonds is 5. The molecule has 3 aromatic rings. The number of carbonyl (C=O) groups excluding carboxylic acids is 1. The van der Waals surface area contributed by atoms with Crippen molar-refractivity contribution >= 4 is 23.0 Å². The van der Waals surface area contributed by atoms with Crippen LogP contribution in [0.3, 0.4) is 0 Å². The first-order valence-corrected chi connectivity index (χ1v) is 9.61. The summed E-state index contributed by atoms with van der Waals surface area (Å²) in [6.07, 6.45) is 2.58. The van der Waals surface area contributed by atoms with Crippen LogP contribution in [0.1, 0.15) is 40.3 Å². The minimum Gasteiger partial charge on any atom is -0.497 e. The van der Waals surface area contributed by atoms with Gasteiger partial charge in [-0.25, -0.2) is 0 Å². The quantitative estimate of drug-likeness (QED) is 0.602. The van der Waals surface area contributed by atoms with Gasteiger partial charge in [0.2, 0.25) is 0 Å². The van der Waals surface area contributed by atoms with Crippen molar-refractivity contribution in [1.29, 1.82) is 0 Å². The molecule has 148 valence electrons. The number of amides is 1. The zero-order valence-corrected chi connectivity index (χ0v) is 16.5. The third kappa shape index (κ3) is 4.01. The van der Waals surface area contributed by atoms with Crippen LogP contribution in [0.5, 0.6) is 5.75 Å². The molecule has 0 atom stereocenters. The van der Waals surface area contributed by atoms with Crippen molar-refractivity contribution in [2.45, 2.75) is 26.2 Å². The number of methoxy groups -OCH3 is 1. The molecule has 0 spiro atoms. The lowest BCUT2D eigenvalue weighted by atomic mass is 9.93. The standard InChI is InChI=1S/C23H23N3O3/c1-15-21-19(26-25-17-7-4-3-5-8-17)9-6-10-20(21)29-22(15)23(27)24-16-11-13-18(28-2)14-12-16/h3-5,7-8,11-14,25H,6,9-10H2,1-2H3,(H,24,27)/b26-19+. The van der Waals surface area contributed by atoms with Crippen LogP contribution in [-0.2, 0) is 6.42 Å². The fraction of sp³-hybridized carbons (Fsp3) is 0.217. The number of ether oxygens (including phenoxy) is 1. The summed E-state index contributed by atoms with van der Waals surface area (Å²) in [5, 5.41) is 7.48. The van der Waals surface area contributed by atoms with E-state index in [1.54, 1.807) is 31.4 Å². The number of para-hydroxylation sites is 1. The summed E-state index contributed by atoms with van der Waals surface area (Å²) >= 11 is 0. The number of hydrogen-bond donors (Lipinski definition) is 2. The molecule has 6 heteroatoms. The van der Waals surface area contributed by atoms with E-state index in [1.807, 2.05) is 37.3 Å². The monoisotopic (exact) mass is 389 g/mol. The Hall–Kier alpha value is -3.54. The first-order chi connectivity index (χ1) is 14.2. The Bertz CT molecular complexity index is 1040. The topological polar surface area (TPSA) is 75.9 Å². The molecule has 2 aromatic carbocycles. The van der Waals surface area contributed by atoms with Crippen molar-refractivity contribution in [3.05, 3.63) is 77.2 Å². The third-order valence-corrected chi connectivity index (χ3v) is 4.97. The van der Waals surface area contributed by atoms with Crippen LogP contribution >= 0.6 is 0 Å². The fourth-order valence-corrected chi connectivity index (χ4v) is 3.50. The van der Waals surface area contributed by atoms with Gasteiger partial charge in [0.15, 0.2) is 5.76 Å². The fourth-order valence-electron chi connectivity index (χ4n) is 3.50. The molecule has 0 bridgehead atoms. The number of furan rings is 1. The van der Waals surface area contributed by atoms with Crippen LogP contribution in [0.15, 0.2) is 64.1 Å². The number of aryl methyl sites for hydroxylation is 1. The van der Waals surface area contributed by atoms with Gasteiger partial charge in [-0.15, -0.1) is 0 Å². The number of fused-ring (bicyclic) bond motifs is 1. The first kappa shape index (κ1) is 18.8. The molecule has 0 fully saturated rings. The number of anilines is 2. The SMILES string of the molecule is COc1ccc(NC(=O)c2oc3c(c2C)/C(=N/Nc2ccccc2)CCC3)cc1. The van der Waals surface area contributed by atoms with E-state index in [2.05, 4.69) is 15.8 Å². The molecular formula is C23H23N3O3. The van der Waals surface area contributed by atoms with E-state index in [0.29, 0.717) is 11.4 Å². The molecule has 0 radical (unpaired) electrons. The van der Waals surface area contributed by atoms with Crippen molar-refractivity contribution in [3.63, 3.8) is 0 Å². The van der Waals surface area contributed by atoms with Crippen molar-refractivity contribution < 1.29 is 13.9 Å². The highest BCUT2D eigenvalue weighted by molar-refractivity contribution is 6.09. The predicted molar refractivity (Wildman–Crippen MR) is 114 cm³/mol. The summed E-state index contributed by atoms with van der Waals surface area (Å²) in [6, 6.07) is 17.0. The van der Waals surface area contributed by atoms with Crippen LogP contribution < -0.4 is 15.5 Å². The van der Waals surface area contributed by atoms with Crippen LogP contribution in [0.4, 0.5) is 11.4 Å². The van der Waals surface area contributed by atoms with Crippen molar-refractivity contribution in [2.75, 3.05) is 17.9 Å². The number of carbonyl (C=O) groups is 1. The van der Waals surface area contributed by atoms with Gasteiger partial charge in [-0.3, -0.25) is 10.2 Å². The number of nitrogens with zero attached hydrogens (tertiary/aromatic N) is 1. The van der Waals surface area contributed by atoms with E-state index in [4.69, 9.17) is 9.15 Å². The maximum absolute atomic E-state index is 12.8. The average molecular weight is 389 g/mol. The van der Waals surface area contributed by atoms with Crippen LogP contribution in [0.25, 0.3) is 0 Å². The summed E-state index contributed by atoms with van der Waals surface area (Å²) in [7, 11) is 1.61. The molecule has 0 saturated carbocycles. The molecule has 0 aliphatic heterocycles. The van der Waals surface area contributed by atoms with Gasteiger partial charge < -0.3 is 14.5 Å². The Balaban J connectivity index is 1.57. The van der Waals surface area contributed by atoms with Crippen LogP contribution in [0.2, 0.25) is 0 Å². The number of nitrogens with one attached hydrogen (secondary N) is 2. The van der Waals surface area contributed by atoms with Gasteiger partial charge in [-0.1, -0.05) is 18.2 Å². The molecule has 6 nitrogen and oxygen atoms in total. The highest BCUT2D eigenvalue weighted by Gasteiger charge is 2.28. The Morgan fingerprint density at radius 2 is 1.79 bits per heavy atom. The van der Waals surface area contributed by atoms with E-state index < -0.39 is 0 Å². The maximum atomic E-state index is 12.8. The van der Waals surface area contributed by atoms with Crippen LogP contribution in [-0.4, -0.2) is 18.7 Å². The minimum absolute atomic E-state index is 0.266. The second kappa shape index (κ2) is 8.22. The predicted octanol–water partition coefficient (Wildman–Crippen LogP) is 5.00. The normalized spacial score (nSPS) is 14.3. The van der Waals surface area contributed by atoms with E-state index >= 15 is 0 Å². The molecule has 29 heavy (non-hydrogen) atoms. The number of hydrazone groups is 1. The molecule has 0 unspecified atom stereocenters. The summed E-state index contributed by atoms with van der Waals surface area (Å²) in [4.78, 5) is 12.8. The van der Waals surface area contributed by atoms with Gasteiger partial charge in [0.05, 0.1) is 18.5 Å². The first-order valence-electron chi connectivity index (χ1n) is 9.61. The van der Waals surface area contributed by atoms with Gasteiger partial charge >= 0.3 is 0 Å². The molecular weight excluding hydrogens is 366 g/mol. The van der Waals surface area contributed by atoms with Crippen LogP contribution in [0, 0.1) is 6.92 Å². The Labute approximate surface area is 169 Å². The smallest absolute Gasteiger partial charge is 0.291 e. The number of benzene rings is 2. The van der Waals surface area contributed by atoms with E-state index in [1.165, 1.54) is 0 Å². The summed E-state index contributed by atoms with van der Waals surface area (Å²) < 4.78 is 11.1. The van der Waals surface area contributed by atoms with E-state index in [-0.39, 0.29) is 5.91 Å². The van der Waals surface area contributed by atoms with Gasteiger partial charge in [0.1, 0.15) is 11.5 Å². The minimum atomic E-state index is -0.266. The summed E-state index contributed by atoms with van der Waals surface area (Å²) in [5.41, 5.74) is 7.39. The molecule has 1 aromatic heterocycles. The van der Waals surface area contributed by atoms with Gasteiger partial charge in [-0.2, -0.15) is 5.10 Å². The Kier molecular flexibility index (Phi) is 5.33. The van der Waals surface area contributed by atoms with Crippen molar-refractivity contribution in [1.82, 2.24) is 0 Å². The largest absolute Gasteiger partial charge is 0.497 e. The molecule has 1 aliphatic carbocycles. The molecule has 1 heterocycles. The molecule has 4 rings (SSSR count). The van der Waals surface area contributed by atoms with Crippen molar-refractivity contribution in [3.8, 4) is 5.75 Å². The zero-order valence-electron chi connectivity index (χ0n) is 16.5. The highest BCUT2D eigenvalue weighted by Crippen LogP contribution is 2.30. The summed E-state index contributed by atoms with van der Waals surface area (Å²) in [5.74, 6) is 1.62. The van der Waals surface area contributed by atoms with Crippen molar-refractivity contribution in [2.24, 2.45) is 5.10 Å². The third-order valence-electron chi connectivity index (χ3n) is 4.97. The lowest BCUT2D eigenvalue weighted by Gasteiger charge is -2.13. The van der Waals surface area contributed by atoms with E-state index in [9.17, 15) is 4.79 Å². The van der Waals surface area contributed by atoms with Gasteiger partial charge in [0, 0.05) is 23.2 Å². The summed E-state index contributed by atoms with van der Waals surface area (Å²) in [6.45, 7) is 1.91. The lowest BCUT2D eigenvalue weighted by Crippen LogP contribution is -2.14. The number of hydrogen-bond acceptors (Lipinski definition) is 5. The lowest BCUT2D eigenvalue weighted by molar-refractivity contribution is 0.0994. The highest BCUT2D eigenvalue weighted by atomic mass is 16.5.